The molecule has 0 saturated heterocycles. The van der Waals surface area contributed by atoms with Crippen molar-refractivity contribution in [2.45, 2.75) is 123 Å². The Bertz CT molecular complexity index is 1310. The van der Waals surface area contributed by atoms with E-state index in [0.29, 0.717) is 11.0 Å². The molecule has 0 aliphatic heterocycles. The number of carbonyl (C=O) groups is 1. The average Bonchev–Trinajstić information content (AvgIpc) is 3.38. The predicted octanol–water partition coefficient (Wildman–Crippen LogP) is 11.5. The van der Waals surface area contributed by atoms with Crippen LogP contribution in [0.25, 0.3) is 11.6 Å². The Balaban J connectivity index is 1.11. The highest BCUT2D eigenvalue weighted by molar-refractivity contribution is 6.21. The first-order chi connectivity index (χ1) is 21.4. The first kappa shape index (κ1) is 31.4. The minimum Gasteiger partial charge on any atom is -0.458 e. The number of allylic oxidation sites excluding steroid dienone is 1. The number of esters is 1. The molecule has 2 aromatic carbocycles. The van der Waals surface area contributed by atoms with Crippen molar-refractivity contribution in [2.75, 3.05) is 0 Å². The molecule has 4 aliphatic rings. The van der Waals surface area contributed by atoms with E-state index in [4.69, 9.17) is 4.74 Å². The monoisotopic (exact) mass is 592 g/mol. The predicted molar refractivity (Wildman–Crippen MR) is 184 cm³/mol. The third-order valence-corrected chi connectivity index (χ3v) is 12.9. The van der Waals surface area contributed by atoms with Gasteiger partial charge >= 0.3 is 5.97 Å². The number of hydrogen-bond acceptors (Lipinski definition) is 2. The highest BCUT2D eigenvalue weighted by atomic mass is 16.5. The molecule has 7 unspecified atom stereocenters. The third-order valence-electron chi connectivity index (χ3n) is 12.9. The number of carbonyl (C=O) groups excluding carboxylic acids is 1. The summed E-state index contributed by atoms with van der Waals surface area (Å²) < 4.78 is 6.33. The van der Waals surface area contributed by atoms with Crippen LogP contribution in [0.4, 0.5) is 0 Å². The van der Waals surface area contributed by atoms with Gasteiger partial charge in [0.05, 0.1) is 5.57 Å². The minimum absolute atomic E-state index is 0.0386. The lowest BCUT2D eigenvalue weighted by Gasteiger charge is -2.58. The van der Waals surface area contributed by atoms with Crippen molar-refractivity contribution in [2.24, 2.45) is 34.5 Å². The zero-order valence-corrected chi connectivity index (χ0v) is 27.7. The second-order valence-corrected chi connectivity index (χ2v) is 15.2. The van der Waals surface area contributed by atoms with Gasteiger partial charge in [0.2, 0.25) is 0 Å². The molecule has 2 aromatic rings. The maximum atomic E-state index is 13.7. The van der Waals surface area contributed by atoms with Gasteiger partial charge in [0.1, 0.15) is 6.10 Å². The first-order valence-corrected chi connectivity index (χ1v) is 18.1. The molecule has 7 atom stereocenters. The third kappa shape index (κ3) is 6.38. The number of unbranched alkanes of at least 4 members (excludes halogenated alkanes) is 5. The highest BCUT2D eigenvalue weighted by Gasteiger charge is 2.58. The van der Waals surface area contributed by atoms with Gasteiger partial charge in [0, 0.05) is 6.42 Å². The van der Waals surface area contributed by atoms with E-state index in [1.165, 1.54) is 77.0 Å². The summed E-state index contributed by atoms with van der Waals surface area (Å²) >= 11 is 0. The van der Waals surface area contributed by atoms with Crippen LogP contribution in [0.3, 0.4) is 0 Å². The average molecular weight is 593 g/mol. The summed E-state index contributed by atoms with van der Waals surface area (Å²) in [5.41, 5.74) is 4.99. The molecule has 236 valence electrons. The molecule has 0 heterocycles. The fraction of sp³-hybridized carbons (Fsp3) is 0.595. The molecule has 3 fully saturated rings. The van der Waals surface area contributed by atoms with Gasteiger partial charge in [-0.05, 0) is 103 Å². The zero-order chi connectivity index (χ0) is 30.6. The van der Waals surface area contributed by atoms with Crippen LogP contribution in [0.2, 0.25) is 0 Å². The van der Waals surface area contributed by atoms with Gasteiger partial charge in [-0.1, -0.05) is 132 Å². The van der Waals surface area contributed by atoms with Crippen molar-refractivity contribution in [3.05, 3.63) is 83.4 Å². The maximum absolute atomic E-state index is 13.7. The van der Waals surface area contributed by atoms with Crippen LogP contribution >= 0.6 is 0 Å². The van der Waals surface area contributed by atoms with E-state index in [9.17, 15) is 4.79 Å². The summed E-state index contributed by atoms with van der Waals surface area (Å²) in [6.07, 6.45) is 24.5. The van der Waals surface area contributed by atoms with Gasteiger partial charge in [-0.2, -0.15) is 0 Å². The van der Waals surface area contributed by atoms with E-state index in [-0.39, 0.29) is 17.5 Å². The van der Waals surface area contributed by atoms with Crippen LogP contribution in [-0.2, 0) is 9.53 Å². The van der Waals surface area contributed by atoms with Crippen molar-refractivity contribution in [3.63, 3.8) is 0 Å². The number of hydrogen-bond donors (Lipinski definition) is 0. The van der Waals surface area contributed by atoms with Gasteiger partial charge < -0.3 is 4.74 Å². The number of fused-ring (bicyclic) bond motifs is 5. The molecule has 44 heavy (non-hydrogen) atoms. The molecule has 0 bridgehead atoms. The standard InChI is InChI=1S/C42H56O2/c1-4-5-6-7-8-15-20-33-22-24-38-36-23-21-34-30-35(25-27-42(34,3)39(36)26-28-41(33,38)2)44-40(43)37(32-18-13-10-14-19-32)29-31-16-11-9-12-17-31/h9-14,16-19,21,29,33,35-36,38-39H,4-8,15,20,22-28,30H2,1-3H3. The van der Waals surface area contributed by atoms with Crippen LogP contribution in [0.5, 0.6) is 0 Å². The van der Waals surface area contributed by atoms with E-state index in [0.717, 1.165) is 54.1 Å². The van der Waals surface area contributed by atoms with Crippen molar-refractivity contribution >= 4 is 17.6 Å². The summed E-state index contributed by atoms with van der Waals surface area (Å²) in [6, 6.07) is 20.1. The van der Waals surface area contributed by atoms with Gasteiger partial charge in [0.25, 0.3) is 0 Å². The lowest BCUT2D eigenvalue weighted by molar-refractivity contribution is -0.144. The molecule has 0 radical (unpaired) electrons. The van der Waals surface area contributed by atoms with Gasteiger partial charge in [-0.3, -0.25) is 0 Å². The molecule has 2 heteroatoms. The largest absolute Gasteiger partial charge is 0.458 e. The SMILES string of the molecule is CCCCCCCCC1CCC2C3CC=C4CC(OC(=O)C(=Cc5ccccc5)c5ccccc5)CCC4(C)C3CCC12C. The summed E-state index contributed by atoms with van der Waals surface area (Å²) in [5.74, 6) is 3.28. The summed E-state index contributed by atoms with van der Waals surface area (Å²) in [5, 5.41) is 0. The molecule has 3 saturated carbocycles. The Labute approximate surface area is 267 Å². The van der Waals surface area contributed by atoms with Crippen LogP contribution in [-0.4, -0.2) is 12.1 Å². The second kappa shape index (κ2) is 13.8. The molecular weight excluding hydrogens is 536 g/mol. The molecule has 2 nitrogen and oxygen atoms in total. The lowest BCUT2D eigenvalue weighted by Crippen LogP contribution is -2.50. The Morgan fingerprint density at radius 3 is 2.34 bits per heavy atom. The summed E-state index contributed by atoms with van der Waals surface area (Å²) in [4.78, 5) is 13.7. The van der Waals surface area contributed by atoms with Gasteiger partial charge in [-0.25, -0.2) is 4.79 Å². The quantitative estimate of drug-likeness (QED) is 0.0853. The first-order valence-electron chi connectivity index (χ1n) is 18.1. The Morgan fingerprint density at radius 2 is 1.57 bits per heavy atom. The topological polar surface area (TPSA) is 26.3 Å². The second-order valence-electron chi connectivity index (χ2n) is 15.2. The summed E-state index contributed by atoms with van der Waals surface area (Å²) in [6.45, 7) is 7.57. The Hall–Kier alpha value is -2.61. The fourth-order valence-electron chi connectivity index (χ4n) is 10.3. The van der Waals surface area contributed by atoms with E-state index in [1.54, 1.807) is 5.57 Å². The van der Waals surface area contributed by atoms with Gasteiger partial charge in [-0.15, -0.1) is 0 Å². The molecule has 4 aliphatic carbocycles. The number of benzene rings is 2. The fourth-order valence-corrected chi connectivity index (χ4v) is 10.3. The molecular formula is C42H56O2. The van der Waals surface area contributed by atoms with Crippen molar-refractivity contribution in [1.82, 2.24) is 0 Å². The van der Waals surface area contributed by atoms with E-state index < -0.39 is 0 Å². The smallest absolute Gasteiger partial charge is 0.339 e. The Kier molecular flexibility index (Phi) is 9.84. The van der Waals surface area contributed by atoms with Crippen LogP contribution < -0.4 is 0 Å². The van der Waals surface area contributed by atoms with Crippen LogP contribution in [0.15, 0.2) is 72.3 Å². The Morgan fingerprint density at radius 1 is 0.841 bits per heavy atom. The van der Waals surface area contributed by atoms with E-state index in [1.807, 2.05) is 66.7 Å². The number of ether oxygens (including phenoxy) is 1. The number of rotatable bonds is 11. The molecule has 0 N–H and O–H groups in total. The van der Waals surface area contributed by atoms with E-state index in [2.05, 4.69) is 26.8 Å². The zero-order valence-electron chi connectivity index (χ0n) is 27.7. The maximum Gasteiger partial charge on any atom is 0.339 e. The molecule has 0 amide bonds. The lowest BCUT2D eigenvalue weighted by atomic mass is 9.47. The normalized spacial score (nSPS) is 33.1. The van der Waals surface area contributed by atoms with E-state index >= 15 is 0 Å². The molecule has 0 spiro atoms. The highest BCUT2D eigenvalue weighted by Crippen LogP contribution is 2.66. The van der Waals surface area contributed by atoms with Crippen molar-refractivity contribution in [3.8, 4) is 0 Å². The van der Waals surface area contributed by atoms with Crippen LogP contribution in [0, 0.1) is 34.5 Å². The molecule has 0 aromatic heterocycles. The van der Waals surface area contributed by atoms with Gasteiger partial charge in [0.15, 0.2) is 0 Å². The summed E-state index contributed by atoms with van der Waals surface area (Å²) in [7, 11) is 0. The van der Waals surface area contributed by atoms with Crippen molar-refractivity contribution in [1.29, 1.82) is 0 Å². The minimum atomic E-state index is -0.196. The van der Waals surface area contributed by atoms with Crippen LogP contribution in [0.1, 0.15) is 128 Å². The van der Waals surface area contributed by atoms with Crippen molar-refractivity contribution < 1.29 is 9.53 Å². The molecule has 6 rings (SSSR count).